The summed E-state index contributed by atoms with van der Waals surface area (Å²) >= 11 is 12.1. The highest BCUT2D eigenvalue weighted by molar-refractivity contribution is 6.42. The fourth-order valence-corrected chi connectivity index (χ4v) is 5.68. The van der Waals surface area contributed by atoms with Crippen molar-refractivity contribution >= 4 is 41.0 Å². The first kappa shape index (κ1) is 31.7. The van der Waals surface area contributed by atoms with Gasteiger partial charge in [0, 0.05) is 26.1 Å². The molecule has 2 aliphatic heterocycles. The lowest BCUT2D eigenvalue weighted by atomic mass is 9.74. The molecule has 2 aromatic carbocycles. The quantitative estimate of drug-likeness (QED) is 0.367. The van der Waals surface area contributed by atoms with Crippen LogP contribution in [0.1, 0.15) is 50.2 Å². The number of primary amides is 1. The minimum Gasteiger partial charge on any atom is -0.356 e. The zero-order valence-electron chi connectivity index (χ0n) is 23.2. The minimum absolute atomic E-state index is 0.0692. The molecule has 5 N–H and O–H groups in total. The Hall–Kier alpha value is -2.81. The summed E-state index contributed by atoms with van der Waals surface area (Å²) in [5.41, 5.74) is 6.39. The monoisotopic (exact) mass is 589 g/mol. The third-order valence-corrected chi connectivity index (χ3v) is 8.08. The van der Waals surface area contributed by atoms with Crippen molar-refractivity contribution in [2.75, 3.05) is 32.7 Å². The van der Waals surface area contributed by atoms with Crippen molar-refractivity contribution in [2.24, 2.45) is 11.1 Å². The van der Waals surface area contributed by atoms with E-state index in [4.69, 9.17) is 28.9 Å². The van der Waals surface area contributed by atoms with Crippen LogP contribution in [-0.2, 0) is 22.4 Å². The molecule has 2 aromatic rings. The predicted octanol–water partition coefficient (Wildman–Crippen LogP) is 4.32. The summed E-state index contributed by atoms with van der Waals surface area (Å²) in [6, 6.07) is 13.2. The van der Waals surface area contributed by atoms with Crippen LogP contribution in [0, 0.1) is 5.41 Å². The van der Waals surface area contributed by atoms with Crippen molar-refractivity contribution in [3.05, 3.63) is 69.7 Å². The SMILES string of the molecule is C1CCNCC1.CCNC(=O)C1(Cc2ccccc2)CCCN(C(=O)C(Cc2ccc(Cl)c(Cl)c2)NC(N)=O)C1. The van der Waals surface area contributed by atoms with Gasteiger partial charge in [-0.25, -0.2) is 4.79 Å². The zero-order valence-corrected chi connectivity index (χ0v) is 24.7. The summed E-state index contributed by atoms with van der Waals surface area (Å²) in [6.07, 6.45) is 6.27. The fraction of sp³-hybridized carbons (Fsp3) is 0.500. The number of nitrogens with zero attached hydrogens (tertiary/aromatic N) is 1. The molecule has 40 heavy (non-hydrogen) atoms. The molecule has 2 saturated heterocycles. The van der Waals surface area contributed by atoms with E-state index in [0.717, 1.165) is 11.1 Å². The number of amides is 4. The molecule has 0 aromatic heterocycles. The van der Waals surface area contributed by atoms with Crippen molar-refractivity contribution in [1.82, 2.24) is 20.9 Å². The average Bonchev–Trinajstić information content (AvgIpc) is 2.96. The van der Waals surface area contributed by atoms with Gasteiger partial charge in [-0.15, -0.1) is 0 Å². The number of rotatable bonds is 8. The Kier molecular flexibility index (Phi) is 12.6. The maximum absolute atomic E-state index is 13.6. The number of benzene rings is 2. The predicted molar refractivity (Wildman–Crippen MR) is 160 cm³/mol. The fourth-order valence-electron chi connectivity index (χ4n) is 5.36. The smallest absolute Gasteiger partial charge is 0.312 e. The topological polar surface area (TPSA) is 117 Å². The number of hydrogen-bond acceptors (Lipinski definition) is 4. The van der Waals surface area contributed by atoms with Gasteiger partial charge in [-0.3, -0.25) is 9.59 Å². The highest BCUT2D eigenvalue weighted by Gasteiger charge is 2.44. The molecule has 0 aliphatic carbocycles. The number of hydrogen-bond donors (Lipinski definition) is 4. The van der Waals surface area contributed by atoms with Crippen molar-refractivity contribution in [3.63, 3.8) is 0 Å². The second-order valence-corrected chi connectivity index (χ2v) is 11.3. The molecule has 2 heterocycles. The number of nitrogens with one attached hydrogen (secondary N) is 3. The first-order valence-corrected chi connectivity index (χ1v) is 14.8. The summed E-state index contributed by atoms with van der Waals surface area (Å²) in [4.78, 5) is 40.2. The second kappa shape index (κ2) is 15.8. The summed E-state index contributed by atoms with van der Waals surface area (Å²) in [5, 5.41) is 9.57. The number of nitrogens with two attached hydrogens (primary N) is 1. The van der Waals surface area contributed by atoms with E-state index in [0.29, 0.717) is 42.4 Å². The van der Waals surface area contributed by atoms with Crippen LogP contribution in [0.15, 0.2) is 48.5 Å². The molecular formula is C30H41Cl2N5O3. The standard InChI is InChI=1S/C25H30Cl2N4O3.C5H11N/c1-2-29-23(33)25(15-17-7-4-3-5-8-17)11-6-12-31(16-25)22(32)21(30-24(28)34)14-18-9-10-19(26)20(27)13-18;1-2-4-6-5-3-1/h3-5,7-10,13,21H,2,6,11-12,14-16H2,1H3,(H,29,33)(H3,28,30,34);6H,1-5H2. The molecule has 4 rings (SSSR count). The Morgan fingerprint density at radius 2 is 1.73 bits per heavy atom. The molecular weight excluding hydrogens is 549 g/mol. The van der Waals surface area contributed by atoms with Crippen molar-refractivity contribution < 1.29 is 14.4 Å². The number of piperidine rings is 2. The van der Waals surface area contributed by atoms with E-state index in [2.05, 4.69) is 16.0 Å². The Morgan fingerprint density at radius 3 is 2.30 bits per heavy atom. The number of carbonyl (C=O) groups excluding carboxylic acids is 3. The molecule has 0 saturated carbocycles. The van der Waals surface area contributed by atoms with Crippen LogP contribution in [0.2, 0.25) is 10.0 Å². The Morgan fingerprint density at radius 1 is 1.00 bits per heavy atom. The lowest BCUT2D eigenvalue weighted by Gasteiger charge is -2.43. The van der Waals surface area contributed by atoms with Gasteiger partial charge in [-0.2, -0.15) is 0 Å². The number of halogens is 2. The molecule has 0 spiro atoms. The highest BCUT2D eigenvalue weighted by atomic mass is 35.5. The summed E-state index contributed by atoms with van der Waals surface area (Å²) in [6.45, 7) is 5.63. The third-order valence-electron chi connectivity index (χ3n) is 7.34. The van der Waals surface area contributed by atoms with Crippen LogP contribution in [-0.4, -0.2) is 61.5 Å². The van der Waals surface area contributed by atoms with E-state index in [1.165, 1.54) is 32.4 Å². The molecule has 8 nitrogen and oxygen atoms in total. The molecule has 0 bridgehead atoms. The van der Waals surface area contributed by atoms with Crippen molar-refractivity contribution in [3.8, 4) is 0 Å². The third kappa shape index (κ3) is 9.39. The summed E-state index contributed by atoms with van der Waals surface area (Å²) < 4.78 is 0. The average molecular weight is 591 g/mol. The van der Waals surface area contributed by atoms with Crippen molar-refractivity contribution in [1.29, 1.82) is 0 Å². The van der Waals surface area contributed by atoms with Gasteiger partial charge in [0.15, 0.2) is 0 Å². The van der Waals surface area contributed by atoms with Crippen LogP contribution in [0.5, 0.6) is 0 Å². The van der Waals surface area contributed by atoms with Crippen LogP contribution in [0.4, 0.5) is 4.79 Å². The Bertz CT molecular complexity index is 1120. The van der Waals surface area contributed by atoms with E-state index < -0.39 is 17.5 Å². The number of carbonyl (C=O) groups is 3. The number of likely N-dealkylation sites (tertiary alicyclic amines) is 1. The largest absolute Gasteiger partial charge is 0.356 e. The first-order valence-electron chi connectivity index (χ1n) is 14.1. The van der Waals surface area contributed by atoms with Crippen LogP contribution in [0.25, 0.3) is 0 Å². The van der Waals surface area contributed by atoms with E-state index in [-0.39, 0.29) is 24.8 Å². The van der Waals surface area contributed by atoms with Gasteiger partial charge in [0.2, 0.25) is 11.8 Å². The van der Waals surface area contributed by atoms with Crippen molar-refractivity contribution in [2.45, 2.75) is 57.9 Å². The van der Waals surface area contributed by atoms with Gasteiger partial charge in [0.1, 0.15) is 6.04 Å². The molecule has 2 atom stereocenters. The van der Waals surface area contributed by atoms with Crippen LogP contribution < -0.4 is 21.7 Å². The van der Waals surface area contributed by atoms with Gasteiger partial charge < -0.3 is 26.6 Å². The maximum atomic E-state index is 13.6. The molecule has 2 fully saturated rings. The molecule has 0 radical (unpaired) electrons. The van der Waals surface area contributed by atoms with E-state index in [1.807, 2.05) is 37.3 Å². The van der Waals surface area contributed by atoms with Gasteiger partial charge in [0.25, 0.3) is 0 Å². The maximum Gasteiger partial charge on any atom is 0.312 e. The minimum atomic E-state index is -0.892. The normalized spacial score (nSPS) is 19.5. The van der Waals surface area contributed by atoms with E-state index in [9.17, 15) is 14.4 Å². The molecule has 4 amide bonds. The first-order chi connectivity index (χ1) is 19.2. The van der Waals surface area contributed by atoms with Gasteiger partial charge in [0.05, 0.1) is 15.5 Å². The zero-order chi connectivity index (χ0) is 29.0. The molecule has 2 unspecified atom stereocenters. The van der Waals surface area contributed by atoms with Crippen LogP contribution in [0.3, 0.4) is 0 Å². The summed E-state index contributed by atoms with van der Waals surface area (Å²) in [5.74, 6) is -0.355. The number of urea groups is 1. The van der Waals surface area contributed by atoms with E-state index >= 15 is 0 Å². The lowest BCUT2D eigenvalue weighted by Crippen LogP contribution is -2.58. The second-order valence-electron chi connectivity index (χ2n) is 10.5. The molecule has 10 heteroatoms. The van der Waals surface area contributed by atoms with Crippen LogP contribution >= 0.6 is 23.2 Å². The Balaban J connectivity index is 0.000000649. The molecule has 218 valence electrons. The lowest BCUT2D eigenvalue weighted by molar-refractivity contribution is -0.142. The molecule has 2 aliphatic rings. The van der Waals surface area contributed by atoms with Gasteiger partial charge >= 0.3 is 6.03 Å². The van der Waals surface area contributed by atoms with E-state index in [1.54, 1.807) is 23.1 Å². The van der Waals surface area contributed by atoms with Gasteiger partial charge in [-0.05, 0) is 75.4 Å². The van der Waals surface area contributed by atoms with Gasteiger partial charge in [-0.1, -0.05) is 66.0 Å². The summed E-state index contributed by atoms with van der Waals surface area (Å²) in [7, 11) is 0. The highest BCUT2D eigenvalue weighted by Crippen LogP contribution is 2.35. The Labute approximate surface area is 247 Å².